The molecular formula is C14H23N3O. The van der Waals surface area contributed by atoms with Gasteiger partial charge in [0.05, 0.1) is 18.4 Å². The molecule has 1 N–H and O–H groups in total. The van der Waals surface area contributed by atoms with E-state index in [0.29, 0.717) is 12.7 Å². The predicted octanol–water partition coefficient (Wildman–Crippen LogP) is 1.41. The summed E-state index contributed by atoms with van der Waals surface area (Å²) in [6.07, 6.45) is 4.59. The molecule has 100 valence electrons. The number of pyridine rings is 1. The number of nitrogens with one attached hydrogen (secondary N) is 1. The molecular weight excluding hydrogens is 226 g/mol. The summed E-state index contributed by atoms with van der Waals surface area (Å²) in [4.78, 5) is 6.77. The largest absolute Gasteiger partial charge is 0.372 e. The van der Waals surface area contributed by atoms with Crippen molar-refractivity contribution in [2.45, 2.75) is 32.1 Å². The van der Waals surface area contributed by atoms with E-state index in [1.807, 2.05) is 13.2 Å². The summed E-state index contributed by atoms with van der Waals surface area (Å²) in [6.45, 7) is 3.77. The molecule has 0 aliphatic carbocycles. The lowest BCUT2D eigenvalue weighted by atomic mass is 10.1. The van der Waals surface area contributed by atoms with Crippen molar-refractivity contribution in [1.29, 1.82) is 0 Å². The van der Waals surface area contributed by atoms with Crippen LogP contribution in [0.4, 0.5) is 0 Å². The Hall–Kier alpha value is -0.970. The Kier molecular flexibility index (Phi) is 5.11. The van der Waals surface area contributed by atoms with Gasteiger partial charge in [0.15, 0.2) is 0 Å². The SMILES string of the molecule is CNCc1ccc(COC2CCN(C)CC2)nc1. The average Bonchev–Trinajstić information content (AvgIpc) is 2.40. The molecule has 1 aliphatic rings. The molecule has 0 saturated carbocycles. The Morgan fingerprint density at radius 2 is 2.17 bits per heavy atom. The summed E-state index contributed by atoms with van der Waals surface area (Å²) in [5.41, 5.74) is 2.23. The monoisotopic (exact) mass is 249 g/mol. The van der Waals surface area contributed by atoms with Crippen LogP contribution in [0.1, 0.15) is 24.1 Å². The van der Waals surface area contributed by atoms with Crippen molar-refractivity contribution in [3.63, 3.8) is 0 Å². The summed E-state index contributed by atoms with van der Waals surface area (Å²) in [6, 6.07) is 4.17. The van der Waals surface area contributed by atoms with Gasteiger partial charge < -0.3 is 15.0 Å². The molecule has 4 nitrogen and oxygen atoms in total. The topological polar surface area (TPSA) is 37.4 Å². The Labute approximate surface area is 109 Å². The van der Waals surface area contributed by atoms with Gasteiger partial charge in [0.1, 0.15) is 0 Å². The van der Waals surface area contributed by atoms with Gasteiger partial charge in [-0.2, -0.15) is 0 Å². The molecule has 2 rings (SSSR count). The van der Waals surface area contributed by atoms with Gasteiger partial charge in [0.2, 0.25) is 0 Å². The number of rotatable bonds is 5. The van der Waals surface area contributed by atoms with Crippen LogP contribution in [0.25, 0.3) is 0 Å². The highest BCUT2D eigenvalue weighted by molar-refractivity contribution is 5.13. The van der Waals surface area contributed by atoms with Gasteiger partial charge >= 0.3 is 0 Å². The van der Waals surface area contributed by atoms with E-state index in [4.69, 9.17) is 4.74 Å². The van der Waals surface area contributed by atoms with Gasteiger partial charge in [-0.05, 0) is 38.6 Å². The van der Waals surface area contributed by atoms with E-state index >= 15 is 0 Å². The van der Waals surface area contributed by atoms with Gasteiger partial charge in [0, 0.05) is 25.8 Å². The maximum atomic E-state index is 5.91. The van der Waals surface area contributed by atoms with E-state index in [1.165, 1.54) is 5.56 Å². The predicted molar refractivity (Wildman–Crippen MR) is 72.3 cm³/mol. The van der Waals surface area contributed by atoms with Crippen molar-refractivity contribution in [3.8, 4) is 0 Å². The quantitative estimate of drug-likeness (QED) is 0.856. The molecule has 4 heteroatoms. The third kappa shape index (κ3) is 4.05. The standard InChI is InChI=1S/C14H23N3O/c1-15-9-12-3-4-13(16-10-12)11-18-14-5-7-17(2)8-6-14/h3-4,10,14-15H,5-9,11H2,1-2H3. The van der Waals surface area contributed by atoms with Crippen LogP contribution in [0.3, 0.4) is 0 Å². The summed E-state index contributed by atoms with van der Waals surface area (Å²) in [7, 11) is 4.11. The van der Waals surface area contributed by atoms with E-state index in [1.54, 1.807) is 0 Å². The number of ether oxygens (including phenoxy) is 1. The maximum Gasteiger partial charge on any atom is 0.0891 e. The van der Waals surface area contributed by atoms with Crippen molar-refractivity contribution < 1.29 is 4.74 Å². The molecule has 18 heavy (non-hydrogen) atoms. The smallest absolute Gasteiger partial charge is 0.0891 e. The van der Waals surface area contributed by atoms with Crippen LogP contribution in [-0.2, 0) is 17.9 Å². The highest BCUT2D eigenvalue weighted by Gasteiger charge is 2.16. The first kappa shape index (κ1) is 13.5. The van der Waals surface area contributed by atoms with Crippen LogP contribution in [0.2, 0.25) is 0 Å². The fraction of sp³-hybridized carbons (Fsp3) is 0.643. The number of likely N-dealkylation sites (tertiary alicyclic amines) is 1. The minimum Gasteiger partial charge on any atom is -0.372 e. The van der Waals surface area contributed by atoms with Crippen LogP contribution in [-0.4, -0.2) is 43.2 Å². The van der Waals surface area contributed by atoms with Gasteiger partial charge in [-0.1, -0.05) is 6.07 Å². The first-order valence-electron chi connectivity index (χ1n) is 6.66. The fourth-order valence-corrected chi connectivity index (χ4v) is 2.20. The third-order valence-electron chi connectivity index (χ3n) is 3.40. The second-order valence-electron chi connectivity index (χ2n) is 5.00. The molecule has 0 spiro atoms. The molecule has 0 radical (unpaired) electrons. The van der Waals surface area contributed by atoms with Gasteiger partial charge in [-0.15, -0.1) is 0 Å². The Morgan fingerprint density at radius 1 is 1.39 bits per heavy atom. The minimum atomic E-state index is 0.403. The zero-order valence-electron chi connectivity index (χ0n) is 11.4. The lowest BCUT2D eigenvalue weighted by Gasteiger charge is -2.28. The molecule has 0 bridgehead atoms. The molecule has 1 fully saturated rings. The Bertz CT molecular complexity index is 345. The van der Waals surface area contributed by atoms with Crippen LogP contribution in [0, 0.1) is 0 Å². The van der Waals surface area contributed by atoms with Gasteiger partial charge in [0.25, 0.3) is 0 Å². The maximum absolute atomic E-state index is 5.91. The Balaban J connectivity index is 1.76. The van der Waals surface area contributed by atoms with Crippen molar-refractivity contribution in [2.75, 3.05) is 27.2 Å². The molecule has 0 unspecified atom stereocenters. The van der Waals surface area contributed by atoms with Gasteiger partial charge in [-0.3, -0.25) is 4.98 Å². The first-order chi connectivity index (χ1) is 8.78. The van der Waals surface area contributed by atoms with E-state index in [2.05, 4.69) is 34.4 Å². The van der Waals surface area contributed by atoms with Crippen molar-refractivity contribution in [3.05, 3.63) is 29.6 Å². The molecule has 1 aliphatic heterocycles. The van der Waals surface area contributed by atoms with Crippen LogP contribution in [0.5, 0.6) is 0 Å². The highest BCUT2D eigenvalue weighted by Crippen LogP contribution is 2.13. The van der Waals surface area contributed by atoms with Crippen molar-refractivity contribution in [2.24, 2.45) is 0 Å². The average molecular weight is 249 g/mol. The second kappa shape index (κ2) is 6.83. The van der Waals surface area contributed by atoms with E-state index < -0.39 is 0 Å². The minimum absolute atomic E-state index is 0.403. The van der Waals surface area contributed by atoms with E-state index in [0.717, 1.165) is 38.2 Å². The lowest BCUT2D eigenvalue weighted by Crippen LogP contribution is -2.34. The normalized spacial score (nSPS) is 18.1. The summed E-state index contributed by atoms with van der Waals surface area (Å²) < 4.78 is 5.91. The molecule has 1 aromatic rings. The van der Waals surface area contributed by atoms with E-state index in [-0.39, 0.29) is 0 Å². The Morgan fingerprint density at radius 3 is 2.78 bits per heavy atom. The lowest BCUT2D eigenvalue weighted by molar-refractivity contribution is 0.000748. The number of hydrogen-bond donors (Lipinski definition) is 1. The summed E-state index contributed by atoms with van der Waals surface area (Å²) >= 11 is 0. The van der Waals surface area contributed by atoms with Crippen LogP contribution >= 0.6 is 0 Å². The molecule has 1 saturated heterocycles. The zero-order chi connectivity index (χ0) is 12.8. The molecule has 1 aromatic heterocycles. The van der Waals surface area contributed by atoms with E-state index in [9.17, 15) is 0 Å². The number of piperidine rings is 1. The second-order valence-corrected chi connectivity index (χ2v) is 5.00. The summed E-state index contributed by atoms with van der Waals surface area (Å²) in [5.74, 6) is 0. The summed E-state index contributed by atoms with van der Waals surface area (Å²) in [5, 5.41) is 3.12. The van der Waals surface area contributed by atoms with Crippen molar-refractivity contribution in [1.82, 2.24) is 15.2 Å². The molecule has 2 heterocycles. The number of aromatic nitrogens is 1. The first-order valence-corrected chi connectivity index (χ1v) is 6.66. The van der Waals surface area contributed by atoms with Crippen LogP contribution in [0.15, 0.2) is 18.3 Å². The number of hydrogen-bond acceptors (Lipinski definition) is 4. The highest BCUT2D eigenvalue weighted by atomic mass is 16.5. The third-order valence-corrected chi connectivity index (χ3v) is 3.40. The fourth-order valence-electron chi connectivity index (χ4n) is 2.20. The van der Waals surface area contributed by atoms with Gasteiger partial charge in [-0.25, -0.2) is 0 Å². The van der Waals surface area contributed by atoms with Crippen molar-refractivity contribution >= 4 is 0 Å². The number of nitrogens with zero attached hydrogens (tertiary/aromatic N) is 2. The molecule has 0 amide bonds. The molecule has 0 aromatic carbocycles. The zero-order valence-corrected chi connectivity index (χ0v) is 11.4. The molecule has 0 atom stereocenters. The van der Waals surface area contributed by atoms with Crippen LogP contribution < -0.4 is 5.32 Å².